The molecular formula is C12H10BrClN4O2. The van der Waals surface area contributed by atoms with Gasteiger partial charge in [-0.3, -0.25) is 19.6 Å². The first-order valence-electron chi connectivity index (χ1n) is 5.54. The van der Waals surface area contributed by atoms with E-state index in [-0.39, 0.29) is 5.82 Å². The predicted molar refractivity (Wildman–Crippen MR) is 78.3 cm³/mol. The number of aromatic nitrogens is 2. The van der Waals surface area contributed by atoms with Gasteiger partial charge in [0, 0.05) is 11.2 Å². The molecule has 0 aliphatic carbocycles. The molecule has 2 rings (SSSR count). The molecule has 1 aromatic carbocycles. The van der Waals surface area contributed by atoms with Gasteiger partial charge in [-0.15, -0.1) is 0 Å². The normalized spacial score (nSPS) is 10.3. The topological polar surface area (TPSA) is 90.0 Å². The number of hydrogen-bond donors (Lipinski definition) is 2. The fourth-order valence-electron chi connectivity index (χ4n) is 1.51. The molecule has 104 valence electrons. The molecule has 1 aromatic heterocycles. The molecule has 0 aliphatic heterocycles. The Bertz CT molecular complexity index is 654. The average molecular weight is 358 g/mol. The van der Waals surface area contributed by atoms with Crippen LogP contribution in [-0.2, 0) is 16.1 Å². The number of benzene rings is 1. The van der Waals surface area contributed by atoms with Crippen molar-refractivity contribution in [2.75, 3.05) is 5.32 Å². The van der Waals surface area contributed by atoms with Gasteiger partial charge in [-0.05, 0) is 33.6 Å². The second kappa shape index (κ2) is 6.06. The molecule has 2 amide bonds. The molecule has 8 heteroatoms. The Kier molecular flexibility index (Phi) is 4.41. The largest absolute Gasteiger partial charge is 0.361 e. The fraction of sp³-hybridized carbons (Fsp3) is 0.0833. The average Bonchev–Trinajstić information content (AvgIpc) is 2.72. The van der Waals surface area contributed by atoms with E-state index in [9.17, 15) is 9.59 Å². The molecule has 0 saturated heterocycles. The van der Waals surface area contributed by atoms with Crippen LogP contribution < -0.4 is 11.1 Å². The van der Waals surface area contributed by atoms with Gasteiger partial charge in [-0.1, -0.05) is 23.7 Å². The summed E-state index contributed by atoms with van der Waals surface area (Å²) in [5.74, 6) is -1.74. The van der Waals surface area contributed by atoms with E-state index in [1.807, 2.05) is 12.1 Å². The Hall–Kier alpha value is -1.86. The maximum Gasteiger partial charge on any atom is 0.314 e. The Morgan fingerprint density at radius 2 is 2.00 bits per heavy atom. The maximum absolute atomic E-state index is 11.2. The van der Waals surface area contributed by atoms with Crippen molar-refractivity contribution >= 4 is 45.2 Å². The van der Waals surface area contributed by atoms with Gasteiger partial charge in [-0.2, -0.15) is 5.10 Å². The molecule has 20 heavy (non-hydrogen) atoms. The number of nitrogens with one attached hydrogen (secondary N) is 1. The highest BCUT2D eigenvalue weighted by atomic mass is 79.9. The van der Waals surface area contributed by atoms with Crippen molar-refractivity contribution < 1.29 is 9.59 Å². The SMILES string of the molecule is NC(=O)C(=O)Nc1nn(Cc2ccc(Cl)cc2)cc1Br. The summed E-state index contributed by atoms with van der Waals surface area (Å²) in [6, 6.07) is 7.32. The molecule has 3 N–H and O–H groups in total. The van der Waals surface area contributed by atoms with E-state index in [0.717, 1.165) is 5.56 Å². The third-order valence-corrected chi connectivity index (χ3v) is 3.26. The molecule has 0 unspecified atom stereocenters. The van der Waals surface area contributed by atoms with Crippen molar-refractivity contribution in [3.05, 3.63) is 45.5 Å². The summed E-state index contributed by atoms with van der Waals surface area (Å²) < 4.78 is 2.17. The lowest BCUT2D eigenvalue weighted by Gasteiger charge is -2.02. The number of nitrogens with two attached hydrogens (primary N) is 1. The lowest BCUT2D eigenvalue weighted by atomic mass is 10.2. The number of nitrogens with zero attached hydrogens (tertiary/aromatic N) is 2. The summed E-state index contributed by atoms with van der Waals surface area (Å²) in [6.07, 6.45) is 1.69. The second-order valence-electron chi connectivity index (χ2n) is 3.97. The number of anilines is 1. The van der Waals surface area contributed by atoms with E-state index >= 15 is 0 Å². The number of primary amides is 1. The molecule has 6 nitrogen and oxygen atoms in total. The highest BCUT2D eigenvalue weighted by Gasteiger charge is 2.14. The number of halogens is 2. The van der Waals surface area contributed by atoms with Crippen LogP contribution in [0.1, 0.15) is 5.56 Å². The predicted octanol–water partition coefficient (Wildman–Crippen LogP) is 1.77. The highest BCUT2D eigenvalue weighted by Crippen LogP contribution is 2.21. The molecule has 2 aromatic rings. The standard InChI is InChI=1S/C12H10BrClN4O2/c13-9-6-18(5-7-1-3-8(14)4-2-7)17-11(9)16-12(20)10(15)19/h1-4,6H,5H2,(H2,15,19)(H,16,17,20). The van der Waals surface area contributed by atoms with E-state index in [4.69, 9.17) is 17.3 Å². The van der Waals surface area contributed by atoms with Crippen molar-refractivity contribution in [2.24, 2.45) is 5.73 Å². The minimum atomic E-state index is -1.07. The lowest BCUT2D eigenvalue weighted by molar-refractivity contribution is -0.134. The molecule has 0 aliphatic rings. The quantitative estimate of drug-likeness (QED) is 0.820. The van der Waals surface area contributed by atoms with Gasteiger partial charge in [0.15, 0.2) is 5.82 Å². The number of carbonyl (C=O) groups excluding carboxylic acids is 2. The van der Waals surface area contributed by atoms with E-state index in [0.29, 0.717) is 16.0 Å². The van der Waals surface area contributed by atoms with Crippen LogP contribution in [0, 0.1) is 0 Å². The minimum absolute atomic E-state index is 0.239. The van der Waals surface area contributed by atoms with Gasteiger partial charge in [0.1, 0.15) is 0 Å². The van der Waals surface area contributed by atoms with Crippen LogP contribution in [0.2, 0.25) is 5.02 Å². The van der Waals surface area contributed by atoms with Gasteiger partial charge in [0.05, 0.1) is 11.0 Å². The number of carbonyl (C=O) groups is 2. The molecule has 0 atom stereocenters. The van der Waals surface area contributed by atoms with Crippen molar-refractivity contribution in [3.63, 3.8) is 0 Å². The number of amides is 2. The summed E-state index contributed by atoms with van der Waals surface area (Å²) in [5.41, 5.74) is 5.86. The lowest BCUT2D eigenvalue weighted by Crippen LogP contribution is -2.29. The summed E-state index contributed by atoms with van der Waals surface area (Å²) >= 11 is 9.06. The molecule has 0 fully saturated rings. The Morgan fingerprint density at radius 1 is 1.35 bits per heavy atom. The van der Waals surface area contributed by atoms with Crippen LogP contribution in [0.3, 0.4) is 0 Å². The molecule has 0 saturated carbocycles. The van der Waals surface area contributed by atoms with E-state index < -0.39 is 11.8 Å². The van der Waals surface area contributed by atoms with Crippen LogP contribution in [0.4, 0.5) is 5.82 Å². The van der Waals surface area contributed by atoms with Gasteiger partial charge in [-0.25, -0.2) is 0 Å². The Morgan fingerprint density at radius 3 is 2.60 bits per heavy atom. The van der Waals surface area contributed by atoms with Crippen LogP contribution in [0.5, 0.6) is 0 Å². The Balaban J connectivity index is 2.12. The smallest absolute Gasteiger partial charge is 0.314 e. The van der Waals surface area contributed by atoms with E-state index in [1.165, 1.54) is 0 Å². The van der Waals surface area contributed by atoms with E-state index in [2.05, 4.69) is 26.3 Å². The van der Waals surface area contributed by atoms with Crippen LogP contribution in [0.25, 0.3) is 0 Å². The third-order valence-electron chi connectivity index (χ3n) is 2.43. The first-order valence-corrected chi connectivity index (χ1v) is 6.71. The fourth-order valence-corrected chi connectivity index (χ4v) is 2.05. The summed E-state index contributed by atoms with van der Waals surface area (Å²) in [4.78, 5) is 21.9. The van der Waals surface area contributed by atoms with Gasteiger partial charge >= 0.3 is 11.8 Å². The van der Waals surface area contributed by atoms with Crippen molar-refractivity contribution in [2.45, 2.75) is 6.54 Å². The van der Waals surface area contributed by atoms with Gasteiger partial charge < -0.3 is 5.73 Å². The first-order chi connectivity index (χ1) is 9.45. The Labute approximate surface area is 128 Å². The van der Waals surface area contributed by atoms with E-state index in [1.54, 1.807) is 23.0 Å². The molecule has 0 spiro atoms. The molecule has 0 bridgehead atoms. The zero-order valence-corrected chi connectivity index (χ0v) is 12.5. The van der Waals surface area contributed by atoms with Crippen molar-refractivity contribution in [3.8, 4) is 0 Å². The first kappa shape index (κ1) is 14.5. The van der Waals surface area contributed by atoms with Crippen LogP contribution >= 0.6 is 27.5 Å². The molecule has 1 heterocycles. The van der Waals surface area contributed by atoms with Crippen molar-refractivity contribution in [1.29, 1.82) is 0 Å². The third kappa shape index (κ3) is 3.58. The van der Waals surface area contributed by atoms with Crippen LogP contribution in [0.15, 0.2) is 34.9 Å². The number of rotatable bonds is 3. The highest BCUT2D eigenvalue weighted by molar-refractivity contribution is 9.10. The zero-order chi connectivity index (χ0) is 14.7. The zero-order valence-electron chi connectivity index (χ0n) is 10.1. The number of hydrogen-bond acceptors (Lipinski definition) is 3. The monoisotopic (exact) mass is 356 g/mol. The van der Waals surface area contributed by atoms with Crippen molar-refractivity contribution in [1.82, 2.24) is 9.78 Å². The summed E-state index contributed by atoms with van der Waals surface area (Å²) in [5, 5.41) is 7.12. The van der Waals surface area contributed by atoms with Crippen LogP contribution in [-0.4, -0.2) is 21.6 Å². The minimum Gasteiger partial charge on any atom is -0.361 e. The second-order valence-corrected chi connectivity index (χ2v) is 5.26. The van der Waals surface area contributed by atoms with Gasteiger partial charge in [0.2, 0.25) is 0 Å². The molecular weight excluding hydrogens is 348 g/mol. The maximum atomic E-state index is 11.2. The molecule has 0 radical (unpaired) electrons. The summed E-state index contributed by atoms with van der Waals surface area (Å²) in [7, 11) is 0. The van der Waals surface area contributed by atoms with Gasteiger partial charge in [0.25, 0.3) is 0 Å². The summed E-state index contributed by atoms with van der Waals surface area (Å²) in [6.45, 7) is 0.502.